The summed E-state index contributed by atoms with van der Waals surface area (Å²) in [6.45, 7) is 0.728. The second kappa shape index (κ2) is 7.80. The van der Waals surface area contributed by atoms with Crippen molar-refractivity contribution in [1.29, 1.82) is 0 Å². The molecule has 2 aliphatic rings. The lowest BCUT2D eigenvalue weighted by Crippen LogP contribution is -2.29. The highest BCUT2D eigenvalue weighted by molar-refractivity contribution is 5.99. The number of carbonyl (C=O) groups is 2. The molecule has 0 radical (unpaired) electrons. The molecule has 2 unspecified atom stereocenters. The van der Waals surface area contributed by atoms with Crippen LogP contribution in [0.5, 0.6) is 17.2 Å². The predicted molar refractivity (Wildman–Crippen MR) is 102 cm³/mol. The van der Waals surface area contributed by atoms with Crippen LogP contribution < -0.4 is 24.8 Å². The highest BCUT2D eigenvalue weighted by Gasteiger charge is 2.47. The van der Waals surface area contributed by atoms with E-state index >= 15 is 0 Å². The van der Waals surface area contributed by atoms with Gasteiger partial charge in [-0.3, -0.25) is 9.59 Å². The molecule has 0 bridgehead atoms. The Labute approximate surface area is 163 Å². The second-order valence-corrected chi connectivity index (χ2v) is 6.90. The molecule has 0 spiro atoms. The van der Waals surface area contributed by atoms with Gasteiger partial charge in [0.15, 0.2) is 11.5 Å². The average molecular weight is 382 g/mol. The van der Waals surface area contributed by atoms with Gasteiger partial charge in [-0.05, 0) is 42.7 Å². The van der Waals surface area contributed by atoms with Crippen molar-refractivity contribution >= 4 is 17.5 Å². The van der Waals surface area contributed by atoms with Gasteiger partial charge < -0.3 is 24.8 Å². The highest BCUT2D eigenvalue weighted by atomic mass is 16.7. The largest absolute Gasteiger partial charge is 0.497 e. The van der Waals surface area contributed by atoms with E-state index in [0.717, 1.165) is 17.7 Å². The van der Waals surface area contributed by atoms with Crippen LogP contribution in [0.1, 0.15) is 12.0 Å². The third kappa shape index (κ3) is 4.03. The van der Waals surface area contributed by atoms with Gasteiger partial charge in [0.1, 0.15) is 5.75 Å². The Hall–Kier alpha value is -3.22. The summed E-state index contributed by atoms with van der Waals surface area (Å²) >= 11 is 0. The maximum atomic E-state index is 12.4. The van der Waals surface area contributed by atoms with Crippen molar-refractivity contribution in [1.82, 2.24) is 5.32 Å². The molecular weight excluding hydrogens is 360 g/mol. The minimum atomic E-state index is -0.286. The summed E-state index contributed by atoms with van der Waals surface area (Å²) in [5.41, 5.74) is 1.76. The molecule has 2 N–H and O–H groups in total. The first-order valence-electron chi connectivity index (χ1n) is 9.25. The Kier molecular flexibility index (Phi) is 5.06. The smallest absolute Gasteiger partial charge is 0.231 e. The van der Waals surface area contributed by atoms with E-state index in [1.807, 2.05) is 24.3 Å². The van der Waals surface area contributed by atoms with E-state index in [1.54, 1.807) is 25.3 Å². The second-order valence-electron chi connectivity index (χ2n) is 6.90. The van der Waals surface area contributed by atoms with E-state index in [1.165, 1.54) is 0 Å². The fourth-order valence-corrected chi connectivity index (χ4v) is 3.24. The minimum Gasteiger partial charge on any atom is -0.497 e. The van der Waals surface area contributed by atoms with Crippen molar-refractivity contribution in [2.24, 2.45) is 11.8 Å². The van der Waals surface area contributed by atoms with Gasteiger partial charge in [0.25, 0.3) is 0 Å². The topological polar surface area (TPSA) is 85.9 Å². The first-order valence-corrected chi connectivity index (χ1v) is 9.25. The van der Waals surface area contributed by atoms with Crippen LogP contribution in [0.2, 0.25) is 0 Å². The van der Waals surface area contributed by atoms with Gasteiger partial charge in [-0.1, -0.05) is 12.1 Å². The number of benzene rings is 2. The van der Waals surface area contributed by atoms with Gasteiger partial charge in [0.2, 0.25) is 18.6 Å². The van der Waals surface area contributed by atoms with Crippen LogP contribution in [0.3, 0.4) is 0 Å². The molecule has 7 nitrogen and oxygen atoms in total. The zero-order valence-electron chi connectivity index (χ0n) is 15.6. The molecule has 146 valence electrons. The van der Waals surface area contributed by atoms with Gasteiger partial charge in [0, 0.05) is 18.3 Å². The van der Waals surface area contributed by atoms with Crippen molar-refractivity contribution in [2.45, 2.75) is 12.8 Å². The lowest BCUT2D eigenvalue weighted by Gasteiger charge is -2.07. The molecule has 0 aromatic heterocycles. The number of methoxy groups -OCH3 is 1. The van der Waals surface area contributed by atoms with E-state index in [2.05, 4.69) is 10.6 Å². The van der Waals surface area contributed by atoms with Crippen LogP contribution in [0.15, 0.2) is 42.5 Å². The van der Waals surface area contributed by atoms with Crippen LogP contribution in [0.4, 0.5) is 5.69 Å². The molecular formula is C21H22N2O5. The van der Waals surface area contributed by atoms with Gasteiger partial charge in [-0.15, -0.1) is 0 Å². The quantitative estimate of drug-likeness (QED) is 0.768. The normalized spacial score (nSPS) is 19.0. The monoisotopic (exact) mass is 382 g/mol. The van der Waals surface area contributed by atoms with E-state index in [4.69, 9.17) is 14.2 Å². The Balaban J connectivity index is 1.22. The average Bonchev–Trinajstić information content (AvgIpc) is 3.39. The molecule has 1 aliphatic carbocycles. The zero-order chi connectivity index (χ0) is 19.5. The molecule has 2 atom stereocenters. The number of carbonyl (C=O) groups excluding carboxylic acids is 2. The minimum absolute atomic E-state index is 0.0700. The van der Waals surface area contributed by atoms with E-state index in [9.17, 15) is 9.59 Å². The number of hydrogen-bond donors (Lipinski definition) is 2. The lowest BCUT2D eigenvalue weighted by atomic mass is 10.1. The van der Waals surface area contributed by atoms with Crippen molar-refractivity contribution in [3.63, 3.8) is 0 Å². The maximum Gasteiger partial charge on any atom is 0.231 e. The third-order valence-electron chi connectivity index (χ3n) is 4.98. The number of ether oxygens (including phenoxy) is 3. The molecule has 1 saturated carbocycles. The summed E-state index contributed by atoms with van der Waals surface area (Å²) in [4.78, 5) is 24.6. The van der Waals surface area contributed by atoms with Crippen molar-refractivity contribution < 1.29 is 23.8 Å². The highest BCUT2D eigenvalue weighted by Crippen LogP contribution is 2.40. The molecule has 1 aliphatic heterocycles. The van der Waals surface area contributed by atoms with Gasteiger partial charge in [-0.2, -0.15) is 0 Å². The predicted octanol–water partition coefficient (Wildman–Crippen LogP) is 2.36. The van der Waals surface area contributed by atoms with Crippen molar-refractivity contribution in [3.05, 3.63) is 48.0 Å². The van der Waals surface area contributed by atoms with E-state index < -0.39 is 0 Å². The van der Waals surface area contributed by atoms with Crippen LogP contribution >= 0.6 is 0 Å². The van der Waals surface area contributed by atoms with Crippen molar-refractivity contribution in [2.75, 3.05) is 25.8 Å². The van der Waals surface area contributed by atoms with Crippen LogP contribution in [-0.2, 0) is 16.0 Å². The Morgan fingerprint density at radius 3 is 2.57 bits per heavy atom. The number of fused-ring (bicyclic) bond motifs is 1. The summed E-state index contributed by atoms with van der Waals surface area (Å²) in [7, 11) is 1.63. The summed E-state index contributed by atoms with van der Waals surface area (Å²) < 4.78 is 15.7. The van der Waals surface area contributed by atoms with Gasteiger partial charge >= 0.3 is 0 Å². The Morgan fingerprint density at radius 1 is 1.04 bits per heavy atom. The summed E-state index contributed by atoms with van der Waals surface area (Å²) in [5.74, 6) is 1.33. The fraction of sp³-hybridized carbons (Fsp3) is 0.333. The summed E-state index contributed by atoms with van der Waals surface area (Å²) in [5, 5.41) is 5.76. The molecule has 4 rings (SSSR count). The van der Waals surface area contributed by atoms with Crippen molar-refractivity contribution in [3.8, 4) is 17.2 Å². The number of amides is 2. The lowest BCUT2D eigenvalue weighted by molar-refractivity contribution is -0.125. The summed E-state index contributed by atoms with van der Waals surface area (Å²) in [6, 6.07) is 13.0. The number of nitrogens with one attached hydrogen (secondary N) is 2. The Morgan fingerprint density at radius 2 is 1.79 bits per heavy atom. The first kappa shape index (κ1) is 18.2. The Bertz CT molecular complexity index is 881. The molecule has 0 saturated heterocycles. The van der Waals surface area contributed by atoms with Crippen LogP contribution in [-0.4, -0.2) is 32.3 Å². The van der Waals surface area contributed by atoms with E-state index in [0.29, 0.717) is 30.2 Å². The molecule has 2 amide bonds. The fourth-order valence-electron chi connectivity index (χ4n) is 3.24. The van der Waals surface area contributed by atoms with Crippen LogP contribution in [0.25, 0.3) is 0 Å². The standard InChI is InChI=1S/C21H22N2O5/c1-26-15-5-2-13(3-6-15)8-9-22-20(24)16-11-17(16)21(25)23-14-4-7-18-19(10-14)28-12-27-18/h2-7,10,16-17H,8-9,11-12H2,1H3,(H,22,24)(H,23,25). The van der Waals surface area contributed by atoms with Crippen LogP contribution in [0, 0.1) is 11.8 Å². The van der Waals surface area contributed by atoms with Gasteiger partial charge in [0.05, 0.1) is 18.9 Å². The molecule has 7 heteroatoms. The number of rotatable bonds is 7. The van der Waals surface area contributed by atoms with Gasteiger partial charge in [-0.25, -0.2) is 0 Å². The van der Waals surface area contributed by atoms with E-state index in [-0.39, 0.29) is 30.4 Å². The molecule has 28 heavy (non-hydrogen) atoms. The molecule has 1 fully saturated rings. The molecule has 2 aromatic rings. The molecule has 1 heterocycles. The number of anilines is 1. The summed E-state index contributed by atoms with van der Waals surface area (Å²) in [6.07, 6.45) is 1.31. The zero-order valence-corrected chi connectivity index (χ0v) is 15.6. The number of hydrogen-bond acceptors (Lipinski definition) is 5. The SMILES string of the molecule is COc1ccc(CCNC(=O)C2CC2C(=O)Nc2ccc3c(c2)OCO3)cc1. The first-order chi connectivity index (χ1) is 13.6. The third-order valence-corrected chi connectivity index (χ3v) is 4.98. The maximum absolute atomic E-state index is 12.4. The molecule has 2 aromatic carbocycles.